The summed E-state index contributed by atoms with van der Waals surface area (Å²) in [7, 11) is 1.51. The Kier molecular flexibility index (Phi) is 9.02. The number of methoxy groups -OCH3 is 1. The number of nitrogens with zero attached hydrogens (tertiary/aromatic N) is 2. The summed E-state index contributed by atoms with van der Waals surface area (Å²) in [6.45, 7) is 0.370. The van der Waals surface area contributed by atoms with Crippen LogP contribution in [0.2, 0.25) is 5.02 Å². The molecule has 46 heavy (non-hydrogen) atoms. The van der Waals surface area contributed by atoms with Gasteiger partial charge in [-0.05, 0) is 53.6 Å². The molecule has 10 nitrogen and oxygen atoms in total. The van der Waals surface area contributed by atoms with E-state index in [1.165, 1.54) is 37.7 Å². The predicted molar refractivity (Wildman–Crippen MR) is 168 cm³/mol. The largest absolute Gasteiger partial charge is 0.496 e. The van der Waals surface area contributed by atoms with Gasteiger partial charge in [-0.1, -0.05) is 29.8 Å². The van der Waals surface area contributed by atoms with Gasteiger partial charge in [-0.3, -0.25) is 19.4 Å². The van der Waals surface area contributed by atoms with Gasteiger partial charge in [0.05, 0.1) is 29.3 Å². The van der Waals surface area contributed by atoms with Gasteiger partial charge in [0.2, 0.25) is 0 Å². The van der Waals surface area contributed by atoms with Crippen molar-refractivity contribution in [2.75, 3.05) is 26.8 Å². The summed E-state index contributed by atoms with van der Waals surface area (Å²) in [4.78, 5) is 45.3. The molecular formula is C34H30ClFN4O6. The number of nitrogens with one attached hydrogen (secondary N) is 2. The van der Waals surface area contributed by atoms with Crippen LogP contribution in [0.5, 0.6) is 17.2 Å². The van der Waals surface area contributed by atoms with Crippen molar-refractivity contribution >= 4 is 29.3 Å². The van der Waals surface area contributed by atoms with Gasteiger partial charge in [-0.2, -0.15) is 0 Å². The average molecular weight is 645 g/mol. The minimum absolute atomic E-state index is 0.0792. The fourth-order valence-electron chi connectivity index (χ4n) is 5.52. The normalized spacial score (nSPS) is 18.3. The van der Waals surface area contributed by atoms with Crippen LogP contribution in [0.4, 0.5) is 4.39 Å². The number of rotatable bonds is 2. The van der Waals surface area contributed by atoms with E-state index in [0.717, 1.165) is 0 Å². The number of carbonyl (C=O) groups excluding carboxylic acids is 3. The fraction of sp³-hybridized carbons (Fsp3) is 0.235. The maximum absolute atomic E-state index is 15.2. The number of piperidine rings is 1. The molecule has 2 N–H and O–H groups in total. The lowest BCUT2D eigenvalue weighted by Gasteiger charge is -2.39. The van der Waals surface area contributed by atoms with E-state index in [2.05, 4.69) is 15.6 Å². The van der Waals surface area contributed by atoms with E-state index in [1.54, 1.807) is 53.4 Å². The summed E-state index contributed by atoms with van der Waals surface area (Å²) in [6, 6.07) is 17.2. The van der Waals surface area contributed by atoms with Gasteiger partial charge in [-0.25, -0.2) is 4.39 Å². The van der Waals surface area contributed by atoms with Crippen LogP contribution >= 0.6 is 11.6 Å². The SMILES string of the molecule is COc1cc2ccc1CNC(=O)COc1cccc(c1)-c1ccc(F)c(c1)C(=O)N[C@@H]1CN(C(=O)c3ccncc3Cl)CC[C@@H]1O2. The number of benzene rings is 3. The highest BCUT2D eigenvalue weighted by Gasteiger charge is 2.35. The molecule has 2 atom stereocenters. The van der Waals surface area contributed by atoms with E-state index >= 15 is 4.39 Å². The van der Waals surface area contributed by atoms with E-state index in [4.69, 9.17) is 25.8 Å². The molecule has 1 fully saturated rings. The summed E-state index contributed by atoms with van der Waals surface area (Å²) >= 11 is 6.26. The second kappa shape index (κ2) is 13.5. The number of aromatic nitrogens is 1. The van der Waals surface area contributed by atoms with E-state index in [-0.39, 0.29) is 47.7 Å². The summed E-state index contributed by atoms with van der Waals surface area (Å²) in [6.07, 6.45) is 2.65. The zero-order chi connectivity index (χ0) is 32.2. The molecular weight excluding hydrogens is 615 g/mol. The highest BCUT2D eigenvalue weighted by Crippen LogP contribution is 2.30. The van der Waals surface area contributed by atoms with Crippen LogP contribution in [-0.2, 0) is 11.3 Å². The highest BCUT2D eigenvalue weighted by atomic mass is 35.5. The van der Waals surface area contributed by atoms with Crippen molar-refractivity contribution in [3.63, 3.8) is 0 Å². The Hall–Kier alpha value is -5.16. The second-order valence-electron chi connectivity index (χ2n) is 10.9. The summed E-state index contributed by atoms with van der Waals surface area (Å²) in [5.74, 6) is -0.661. The summed E-state index contributed by atoms with van der Waals surface area (Å²) < 4.78 is 32.8. The lowest BCUT2D eigenvalue weighted by molar-refractivity contribution is -0.123. The molecule has 0 spiro atoms. The molecule has 4 aromatic rings. The molecule has 1 saturated heterocycles. The molecule has 6 bridgehead atoms. The van der Waals surface area contributed by atoms with Crippen molar-refractivity contribution in [2.45, 2.75) is 25.1 Å². The maximum atomic E-state index is 15.2. The molecule has 0 radical (unpaired) electrons. The molecule has 3 amide bonds. The van der Waals surface area contributed by atoms with Crippen molar-refractivity contribution in [2.24, 2.45) is 0 Å². The van der Waals surface area contributed by atoms with Gasteiger partial charge >= 0.3 is 0 Å². The third kappa shape index (κ3) is 6.74. The third-order valence-electron chi connectivity index (χ3n) is 7.93. The molecule has 0 unspecified atom stereocenters. The molecule has 3 aliphatic heterocycles. The van der Waals surface area contributed by atoms with Crippen LogP contribution < -0.4 is 24.8 Å². The number of halogens is 2. The lowest BCUT2D eigenvalue weighted by atomic mass is 9.99. The van der Waals surface area contributed by atoms with Crippen LogP contribution in [-0.4, -0.2) is 66.6 Å². The maximum Gasteiger partial charge on any atom is 0.258 e. The van der Waals surface area contributed by atoms with Gasteiger partial charge in [0.1, 0.15) is 29.2 Å². The second-order valence-corrected chi connectivity index (χ2v) is 11.3. The summed E-state index contributed by atoms with van der Waals surface area (Å²) in [5.41, 5.74) is 2.06. The number of hydrogen-bond donors (Lipinski definition) is 2. The molecule has 1 aromatic heterocycles. The first-order valence-corrected chi connectivity index (χ1v) is 15.0. The smallest absolute Gasteiger partial charge is 0.258 e. The van der Waals surface area contributed by atoms with Crippen molar-refractivity contribution in [1.29, 1.82) is 0 Å². The van der Waals surface area contributed by atoms with Crippen molar-refractivity contribution in [1.82, 2.24) is 20.5 Å². The van der Waals surface area contributed by atoms with Gasteiger partial charge in [0.15, 0.2) is 6.61 Å². The minimum atomic E-state index is -0.721. The van der Waals surface area contributed by atoms with Gasteiger partial charge in [0.25, 0.3) is 17.7 Å². The minimum Gasteiger partial charge on any atom is -0.496 e. The van der Waals surface area contributed by atoms with E-state index in [9.17, 15) is 14.4 Å². The molecule has 0 saturated carbocycles. The molecule has 7 rings (SSSR count). The van der Waals surface area contributed by atoms with Crippen LogP contribution in [0.3, 0.4) is 0 Å². The summed E-state index contributed by atoms with van der Waals surface area (Å²) in [5, 5.41) is 5.97. The Morgan fingerprint density at radius 2 is 1.91 bits per heavy atom. The molecule has 4 heterocycles. The molecule has 236 valence electrons. The van der Waals surface area contributed by atoms with Crippen molar-refractivity contribution in [3.8, 4) is 28.4 Å². The Bertz CT molecular complexity index is 1800. The number of fused-ring (bicyclic) bond motifs is 7. The predicted octanol–water partition coefficient (Wildman–Crippen LogP) is 4.65. The topological polar surface area (TPSA) is 119 Å². The molecule has 3 aliphatic rings. The van der Waals surface area contributed by atoms with Crippen LogP contribution in [0, 0.1) is 5.82 Å². The number of carbonyl (C=O) groups is 3. The van der Waals surface area contributed by atoms with Crippen LogP contribution in [0.25, 0.3) is 11.1 Å². The number of likely N-dealkylation sites (tertiary alicyclic amines) is 1. The Labute approximate surface area is 269 Å². The Morgan fingerprint density at radius 3 is 2.74 bits per heavy atom. The number of amides is 3. The first-order chi connectivity index (χ1) is 22.3. The van der Waals surface area contributed by atoms with Crippen molar-refractivity contribution in [3.05, 3.63) is 107 Å². The number of hydrogen-bond acceptors (Lipinski definition) is 7. The number of ether oxygens (including phenoxy) is 3. The Balaban J connectivity index is 1.36. The Morgan fingerprint density at radius 1 is 1.07 bits per heavy atom. The lowest BCUT2D eigenvalue weighted by Crippen LogP contribution is -2.58. The third-order valence-corrected chi connectivity index (χ3v) is 8.23. The standard InChI is InChI=1S/C34H30ClFN4O6/c1-44-31-15-24-7-5-22(31)16-38-32(41)19-45-23-4-2-3-20(13-23)21-6-8-28(36)26(14-21)33(42)39-29-18-40(12-10-30(29)46-24)34(43)25-9-11-37-17-27(25)35/h2-9,11,13-15,17,29-30H,10,12,16,18-19H2,1H3,(H,38,41)(H,39,42)/t29-,30+/m1/s1. The zero-order valence-corrected chi connectivity index (χ0v) is 25.6. The first-order valence-electron chi connectivity index (χ1n) is 14.6. The monoisotopic (exact) mass is 644 g/mol. The van der Waals surface area contributed by atoms with Gasteiger partial charge in [0, 0.05) is 50.1 Å². The average Bonchev–Trinajstić information content (AvgIpc) is 3.07. The van der Waals surface area contributed by atoms with Crippen molar-refractivity contribution < 1.29 is 33.0 Å². The van der Waals surface area contributed by atoms with Crippen LogP contribution in [0.15, 0.2) is 79.1 Å². The fourth-order valence-corrected chi connectivity index (χ4v) is 5.72. The zero-order valence-electron chi connectivity index (χ0n) is 24.8. The quantitative estimate of drug-likeness (QED) is 0.326. The van der Waals surface area contributed by atoms with Gasteiger partial charge in [-0.15, -0.1) is 0 Å². The molecule has 0 aliphatic carbocycles. The molecule has 3 aromatic carbocycles. The van der Waals surface area contributed by atoms with E-state index < -0.39 is 23.9 Å². The highest BCUT2D eigenvalue weighted by molar-refractivity contribution is 6.33. The molecule has 12 heteroatoms. The van der Waals surface area contributed by atoms with Gasteiger partial charge < -0.3 is 29.7 Å². The van der Waals surface area contributed by atoms with E-state index in [1.807, 2.05) is 0 Å². The first kappa shape index (κ1) is 30.8. The van der Waals surface area contributed by atoms with Crippen LogP contribution in [0.1, 0.15) is 32.7 Å². The van der Waals surface area contributed by atoms with E-state index in [0.29, 0.717) is 46.9 Å². The number of pyridine rings is 1.